The van der Waals surface area contributed by atoms with E-state index in [1.165, 1.54) is 5.56 Å². The summed E-state index contributed by atoms with van der Waals surface area (Å²) < 4.78 is 18.6. The van der Waals surface area contributed by atoms with Gasteiger partial charge in [-0.1, -0.05) is 5.16 Å². The second kappa shape index (κ2) is 6.50. The van der Waals surface area contributed by atoms with Crippen LogP contribution in [0.15, 0.2) is 33.4 Å². The molecular weight excluding hydrogens is 320 g/mol. The van der Waals surface area contributed by atoms with Gasteiger partial charge in [-0.15, -0.1) is 0 Å². The minimum absolute atomic E-state index is 0.0187. The van der Waals surface area contributed by atoms with Gasteiger partial charge in [0.1, 0.15) is 6.10 Å². The standard InChI is InChI=1S/C18H22N4O3/c1-11-17(12(2)22(3)20-11)18-14(6-8-24-18)19-10-13-9-16(25-21-13)15-5-4-7-23-15/h4-5,7,9,14,18-19H,6,8,10H2,1-3H3/t14-,18-/m0/s1. The Morgan fingerprint density at radius 2 is 2.20 bits per heavy atom. The maximum absolute atomic E-state index is 6.00. The zero-order valence-corrected chi connectivity index (χ0v) is 14.7. The third-order valence-corrected chi connectivity index (χ3v) is 4.81. The molecule has 0 aromatic carbocycles. The maximum Gasteiger partial charge on any atom is 0.202 e. The Morgan fingerprint density at radius 1 is 1.32 bits per heavy atom. The Labute approximate surface area is 145 Å². The van der Waals surface area contributed by atoms with E-state index in [-0.39, 0.29) is 12.1 Å². The lowest BCUT2D eigenvalue weighted by Crippen LogP contribution is -2.31. The van der Waals surface area contributed by atoms with Gasteiger partial charge in [-0.2, -0.15) is 5.10 Å². The lowest BCUT2D eigenvalue weighted by molar-refractivity contribution is 0.0973. The molecule has 4 rings (SSSR count). The van der Waals surface area contributed by atoms with Crippen molar-refractivity contribution in [2.75, 3.05) is 6.61 Å². The fourth-order valence-electron chi connectivity index (χ4n) is 3.45. The number of rotatable bonds is 5. The summed E-state index contributed by atoms with van der Waals surface area (Å²) in [5.74, 6) is 1.32. The number of ether oxygens (including phenoxy) is 1. The molecule has 132 valence electrons. The molecule has 1 saturated heterocycles. The van der Waals surface area contributed by atoms with Crippen LogP contribution in [0, 0.1) is 13.8 Å². The smallest absolute Gasteiger partial charge is 0.202 e. The van der Waals surface area contributed by atoms with Gasteiger partial charge < -0.3 is 19.0 Å². The molecule has 2 atom stereocenters. The van der Waals surface area contributed by atoms with Gasteiger partial charge in [-0.3, -0.25) is 4.68 Å². The van der Waals surface area contributed by atoms with Crippen LogP contribution in [0.4, 0.5) is 0 Å². The zero-order valence-electron chi connectivity index (χ0n) is 14.7. The van der Waals surface area contributed by atoms with Crippen LogP contribution >= 0.6 is 0 Å². The molecule has 3 aromatic heterocycles. The first-order valence-electron chi connectivity index (χ1n) is 8.48. The number of hydrogen-bond acceptors (Lipinski definition) is 6. The van der Waals surface area contributed by atoms with E-state index in [1.54, 1.807) is 6.26 Å². The fourth-order valence-corrected chi connectivity index (χ4v) is 3.45. The van der Waals surface area contributed by atoms with E-state index < -0.39 is 0 Å². The summed E-state index contributed by atoms with van der Waals surface area (Å²) in [5, 5.41) is 12.2. The van der Waals surface area contributed by atoms with E-state index in [0.717, 1.165) is 30.1 Å². The van der Waals surface area contributed by atoms with E-state index in [4.69, 9.17) is 13.7 Å². The molecule has 1 aliphatic heterocycles. The Hall–Kier alpha value is -2.38. The molecule has 0 spiro atoms. The van der Waals surface area contributed by atoms with Crippen LogP contribution in [0.3, 0.4) is 0 Å². The first-order chi connectivity index (χ1) is 12.1. The van der Waals surface area contributed by atoms with Crippen LogP contribution in [0.2, 0.25) is 0 Å². The predicted octanol–water partition coefficient (Wildman–Crippen LogP) is 2.90. The van der Waals surface area contributed by atoms with Crippen LogP contribution in [-0.2, 0) is 18.3 Å². The lowest BCUT2D eigenvalue weighted by Gasteiger charge is -2.20. The first kappa shape index (κ1) is 16.1. The highest BCUT2D eigenvalue weighted by Gasteiger charge is 2.33. The van der Waals surface area contributed by atoms with Crippen molar-refractivity contribution in [1.29, 1.82) is 0 Å². The van der Waals surface area contributed by atoms with Gasteiger partial charge in [-0.05, 0) is 32.4 Å². The van der Waals surface area contributed by atoms with Gasteiger partial charge in [0.05, 0.1) is 17.7 Å². The molecule has 7 heteroatoms. The topological polar surface area (TPSA) is 78.2 Å². The van der Waals surface area contributed by atoms with E-state index in [9.17, 15) is 0 Å². The Kier molecular flexibility index (Phi) is 4.19. The molecule has 25 heavy (non-hydrogen) atoms. The minimum Gasteiger partial charge on any atom is -0.461 e. The second-order valence-electron chi connectivity index (χ2n) is 6.44. The summed E-state index contributed by atoms with van der Waals surface area (Å²) in [4.78, 5) is 0. The van der Waals surface area contributed by atoms with Crippen LogP contribution in [0.5, 0.6) is 0 Å². The Bertz CT molecular complexity index is 850. The Balaban J connectivity index is 1.45. The van der Waals surface area contributed by atoms with Crippen LogP contribution in [0.25, 0.3) is 11.5 Å². The SMILES string of the molecule is Cc1nn(C)c(C)c1[C@H]1OCC[C@@H]1NCc1cc(-c2ccco2)on1. The highest BCUT2D eigenvalue weighted by atomic mass is 16.5. The van der Waals surface area contributed by atoms with Gasteiger partial charge in [0.2, 0.25) is 5.76 Å². The van der Waals surface area contributed by atoms with E-state index in [1.807, 2.05) is 36.9 Å². The molecule has 1 fully saturated rings. The van der Waals surface area contributed by atoms with Gasteiger partial charge in [-0.25, -0.2) is 0 Å². The molecule has 0 unspecified atom stereocenters. The third-order valence-electron chi connectivity index (χ3n) is 4.81. The zero-order chi connectivity index (χ0) is 17.4. The summed E-state index contributed by atoms with van der Waals surface area (Å²) in [6.07, 6.45) is 2.60. The summed E-state index contributed by atoms with van der Waals surface area (Å²) in [6.45, 7) is 5.48. The van der Waals surface area contributed by atoms with Crippen molar-refractivity contribution in [2.45, 2.75) is 39.0 Å². The molecule has 1 aliphatic rings. The average Bonchev–Trinajstić information content (AvgIpc) is 3.35. The summed E-state index contributed by atoms with van der Waals surface area (Å²) >= 11 is 0. The predicted molar refractivity (Wildman–Crippen MR) is 90.8 cm³/mol. The van der Waals surface area contributed by atoms with E-state index >= 15 is 0 Å². The highest BCUT2D eigenvalue weighted by molar-refractivity contribution is 5.49. The van der Waals surface area contributed by atoms with Crippen molar-refractivity contribution >= 4 is 0 Å². The number of hydrogen-bond donors (Lipinski definition) is 1. The molecule has 0 radical (unpaired) electrons. The largest absolute Gasteiger partial charge is 0.461 e. The van der Waals surface area contributed by atoms with Crippen LogP contribution in [-0.4, -0.2) is 27.6 Å². The number of aryl methyl sites for hydroxylation is 2. The molecule has 0 amide bonds. The van der Waals surface area contributed by atoms with Crippen molar-refractivity contribution in [3.63, 3.8) is 0 Å². The monoisotopic (exact) mass is 342 g/mol. The first-order valence-corrected chi connectivity index (χ1v) is 8.48. The summed E-state index contributed by atoms with van der Waals surface area (Å²) in [7, 11) is 1.97. The molecule has 7 nitrogen and oxygen atoms in total. The number of aromatic nitrogens is 3. The fraction of sp³-hybridized carbons (Fsp3) is 0.444. The summed E-state index contributed by atoms with van der Waals surface area (Å²) in [6, 6.07) is 5.81. The van der Waals surface area contributed by atoms with E-state index in [0.29, 0.717) is 18.1 Å². The average molecular weight is 342 g/mol. The van der Waals surface area contributed by atoms with Crippen molar-refractivity contribution in [1.82, 2.24) is 20.3 Å². The van der Waals surface area contributed by atoms with Gasteiger partial charge in [0.25, 0.3) is 0 Å². The van der Waals surface area contributed by atoms with Gasteiger partial charge >= 0.3 is 0 Å². The normalized spacial score (nSPS) is 20.4. The third kappa shape index (κ3) is 3.01. The Morgan fingerprint density at radius 3 is 2.92 bits per heavy atom. The molecular formula is C18H22N4O3. The minimum atomic E-state index is 0.0187. The van der Waals surface area contributed by atoms with E-state index in [2.05, 4.69) is 22.5 Å². The molecule has 4 heterocycles. The molecule has 3 aromatic rings. The molecule has 0 bridgehead atoms. The maximum atomic E-state index is 6.00. The van der Waals surface area contributed by atoms with Crippen LogP contribution in [0.1, 0.15) is 35.2 Å². The summed E-state index contributed by atoms with van der Waals surface area (Å²) in [5.41, 5.74) is 4.21. The van der Waals surface area contributed by atoms with Gasteiger partial charge in [0, 0.05) is 43.6 Å². The number of nitrogens with one attached hydrogen (secondary N) is 1. The van der Waals surface area contributed by atoms with Crippen molar-refractivity contribution in [2.24, 2.45) is 7.05 Å². The van der Waals surface area contributed by atoms with Crippen LogP contribution < -0.4 is 5.32 Å². The molecule has 0 saturated carbocycles. The number of nitrogens with zero attached hydrogens (tertiary/aromatic N) is 3. The quantitative estimate of drug-likeness (QED) is 0.768. The van der Waals surface area contributed by atoms with Gasteiger partial charge in [0.15, 0.2) is 5.76 Å². The van der Waals surface area contributed by atoms with Crippen molar-refractivity contribution < 1.29 is 13.7 Å². The lowest BCUT2D eigenvalue weighted by atomic mass is 10.0. The number of furan rings is 1. The molecule has 1 N–H and O–H groups in total. The second-order valence-corrected chi connectivity index (χ2v) is 6.44. The highest BCUT2D eigenvalue weighted by Crippen LogP contribution is 2.33. The molecule has 0 aliphatic carbocycles. The van der Waals surface area contributed by atoms with Crippen molar-refractivity contribution in [3.05, 3.63) is 47.1 Å². The van der Waals surface area contributed by atoms with Crippen molar-refractivity contribution in [3.8, 4) is 11.5 Å².